The first-order chi connectivity index (χ1) is 9.19. The molecule has 4 heteroatoms. The molecule has 1 N–H and O–H groups in total. The van der Waals surface area contributed by atoms with E-state index >= 15 is 0 Å². The van der Waals surface area contributed by atoms with Crippen LogP contribution in [0.4, 0.5) is 0 Å². The van der Waals surface area contributed by atoms with E-state index in [9.17, 15) is 4.79 Å². The third-order valence-corrected chi connectivity index (χ3v) is 3.08. The predicted octanol–water partition coefficient (Wildman–Crippen LogP) is 1.90. The van der Waals surface area contributed by atoms with Gasteiger partial charge in [-0.15, -0.1) is 6.58 Å². The molecule has 19 heavy (non-hydrogen) atoms. The topological polar surface area (TPSA) is 43.8 Å². The Labute approximate surface area is 118 Å². The highest BCUT2D eigenvalue weighted by Crippen LogP contribution is 2.02. The first-order valence-electron chi connectivity index (χ1n) is 7.41. The molecule has 0 spiro atoms. The molecule has 4 nitrogen and oxygen atoms in total. The van der Waals surface area contributed by atoms with Gasteiger partial charge >= 0.3 is 0 Å². The van der Waals surface area contributed by atoms with Crippen molar-refractivity contribution < 1.29 is 9.90 Å². The maximum atomic E-state index is 12.3. The summed E-state index contributed by atoms with van der Waals surface area (Å²) in [4.78, 5) is 16.2. The molecule has 0 aromatic rings. The van der Waals surface area contributed by atoms with E-state index in [0.29, 0.717) is 19.6 Å². The van der Waals surface area contributed by atoms with E-state index in [1.807, 2.05) is 9.80 Å². The van der Waals surface area contributed by atoms with Crippen molar-refractivity contribution in [3.63, 3.8) is 0 Å². The van der Waals surface area contributed by atoms with Gasteiger partial charge in [-0.1, -0.05) is 32.8 Å². The zero-order chi connectivity index (χ0) is 14.5. The number of nitrogens with zero attached hydrogens (tertiary/aromatic N) is 2. The van der Waals surface area contributed by atoms with Crippen LogP contribution in [0.5, 0.6) is 0 Å². The fraction of sp³-hybridized carbons (Fsp3) is 0.800. The number of carbonyl (C=O) groups excluding carboxylic acids is 1. The van der Waals surface area contributed by atoms with Gasteiger partial charge in [0, 0.05) is 26.2 Å². The molecular formula is C15H30N2O2. The Bertz CT molecular complexity index is 236. The molecule has 0 aliphatic rings. The van der Waals surface area contributed by atoms with Crippen molar-refractivity contribution in [3.8, 4) is 0 Å². The fourth-order valence-corrected chi connectivity index (χ4v) is 1.91. The van der Waals surface area contributed by atoms with Gasteiger partial charge in [-0.25, -0.2) is 0 Å². The molecule has 0 aliphatic carbocycles. The van der Waals surface area contributed by atoms with Crippen molar-refractivity contribution in [2.45, 2.75) is 39.5 Å². The second kappa shape index (κ2) is 12.2. The first-order valence-corrected chi connectivity index (χ1v) is 7.41. The average molecular weight is 270 g/mol. The molecule has 0 fully saturated rings. The van der Waals surface area contributed by atoms with Gasteiger partial charge in [0.05, 0.1) is 13.2 Å². The van der Waals surface area contributed by atoms with E-state index in [0.717, 1.165) is 38.8 Å². The van der Waals surface area contributed by atoms with Crippen LogP contribution in [0, 0.1) is 0 Å². The van der Waals surface area contributed by atoms with Crippen LogP contribution >= 0.6 is 0 Å². The van der Waals surface area contributed by atoms with E-state index in [1.165, 1.54) is 0 Å². The van der Waals surface area contributed by atoms with Gasteiger partial charge in [0.15, 0.2) is 0 Å². The number of unbranched alkanes of at least 4 members (excludes halogenated alkanes) is 2. The third-order valence-electron chi connectivity index (χ3n) is 3.08. The van der Waals surface area contributed by atoms with E-state index < -0.39 is 0 Å². The van der Waals surface area contributed by atoms with Crippen LogP contribution in [0.15, 0.2) is 12.7 Å². The Hall–Kier alpha value is -0.870. The van der Waals surface area contributed by atoms with Crippen LogP contribution in [0.3, 0.4) is 0 Å². The standard InChI is InChI=1S/C15H30N2O2/c1-4-7-10-17(11-8-5-2)15(19)14-16(9-6-3)12-13-18/h6,18H,3-5,7-14H2,1-2H3. The van der Waals surface area contributed by atoms with Gasteiger partial charge in [0.1, 0.15) is 0 Å². The molecule has 1 amide bonds. The maximum Gasteiger partial charge on any atom is 0.236 e. The summed E-state index contributed by atoms with van der Waals surface area (Å²) in [7, 11) is 0. The molecule has 0 rings (SSSR count). The van der Waals surface area contributed by atoms with Gasteiger partial charge in [0.25, 0.3) is 0 Å². The molecule has 0 saturated carbocycles. The number of carbonyl (C=O) groups is 1. The van der Waals surface area contributed by atoms with Crippen molar-refractivity contribution in [1.82, 2.24) is 9.80 Å². The summed E-state index contributed by atoms with van der Waals surface area (Å²) in [5.41, 5.74) is 0. The lowest BCUT2D eigenvalue weighted by Crippen LogP contribution is -2.42. The molecule has 0 bridgehead atoms. The Balaban J connectivity index is 4.35. The third kappa shape index (κ3) is 8.78. The molecule has 0 atom stereocenters. The largest absolute Gasteiger partial charge is 0.395 e. The maximum absolute atomic E-state index is 12.3. The van der Waals surface area contributed by atoms with Gasteiger partial charge in [-0.05, 0) is 12.8 Å². The quantitative estimate of drug-likeness (QED) is 0.551. The molecular weight excluding hydrogens is 240 g/mol. The van der Waals surface area contributed by atoms with Crippen molar-refractivity contribution in [2.24, 2.45) is 0 Å². The lowest BCUT2D eigenvalue weighted by molar-refractivity contribution is -0.132. The monoisotopic (exact) mass is 270 g/mol. The highest BCUT2D eigenvalue weighted by molar-refractivity contribution is 5.78. The van der Waals surface area contributed by atoms with Crippen molar-refractivity contribution in [2.75, 3.05) is 39.3 Å². The fourth-order valence-electron chi connectivity index (χ4n) is 1.91. The van der Waals surface area contributed by atoms with Crippen LogP contribution < -0.4 is 0 Å². The minimum atomic E-state index is 0.0744. The van der Waals surface area contributed by atoms with Crippen molar-refractivity contribution >= 4 is 5.91 Å². The summed E-state index contributed by atoms with van der Waals surface area (Å²) in [5, 5.41) is 9.00. The van der Waals surface area contributed by atoms with Crippen LogP contribution in [-0.4, -0.2) is 60.1 Å². The van der Waals surface area contributed by atoms with E-state index in [-0.39, 0.29) is 12.5 Å². The predicted molar refractivity (Wildman–Crippen MR) is 80.1 cm³/mol. The molecule has 0 heterocycles. The average Bonchev–Trinajstić information content (AvgIpc) is 2.39. The van der Waals surface area contributed by atoms with Gasteiger partial charge in [-0.3, -0.25) is 9.69 Å². The SMILES string of the molecule is C=CCN(CCO)CC(=O)N(CCCC)CCCC. The summed E-state index contributed by atoms with van der Waals surface area (Å²) in [5.74, 6) is 0.164. The van der Waals surface area contributed by atoms with Crippen LogP contribution in [0.25, 0.3) is 0 Å². The summed E-state index contributed by atoms with van der Waals surface area (Å²) in [6.07, 6.45) is 6.07. The zero-order valence-corrected chi connectivity index (χ0v) is 12.6. The number of aliphatic hydroxyl groups is 1. The molecule has 0 radical (unpaired) electrons. The molecule has 0 aliphatic heterocycles. The summed E-state index contributed by atoms with van der Waals surface area (Å²) >= 11 is 0. The summed E-state index contributed by atoms with van der Waals surface area (Å²) in [6, 6.07) is 0. The Morgan fingerprint density at radius 3 is 2.16 bits per heavy atom. The number of rotatable bonds is 12. The molecule has 0 aromatic heterocycles. The van der Waals surface area contributed by atoms with Gasteiger partial charge in [-0.2, -0.15) is 0 Å². The molecule has 112 valence electrons. The van der Waals surface area contributed by atoms with Crippen LogP contribution in [0.1, 0.15) is 39.5 Å². The minimum Gasteiger partial charge on any atom is -0.395 e. The second-order valence-electron chi connectivity index (χ2n) is 4.84. The highest BCUT2D eigenvalue weighted by atomic mass is 16.3. The van der Waals surface area contributed by atoms with E-state index in [4.69, 9.17) is 5.11 Å². The Morgan fingerprint density at radius 1 is 1.16 bits per heavy atom. The second-order valence-corrected chi connectivity index (χ2v) is 4.84. The molecule has 0 unspecified atom stereocenters. The number of hydrogen-bond acceptors (Lipinski definition) is 3. The van der Waals surface area contributed by atoms with E-state index in [1.54, 1.807) is 6.08 Å². The summed E-state index contributed by atoms with van der Waals surface area (Å²) < 4.78 is 0. The number of amides is 1. The van der Waals surface area contributed by atoms with Crippen molar-refractivity contribution in [1.29, 1.82) is 0 Å². The van der Waals surface area contributed by atoms with E-state index in [2.05, 4.69) is 20.4 Å². The zero-order valence-electron chi connectivity index (χ0n) is 12.6. The van der Waals surface area contributed by atoms with Gasteiger partial charge in [0.2, 0.25) is 5.91 Å². The van der Waals surface area contributed by atoms with Crippen molar-refractivity contribution in [3.05, 3.63) is 12.7 Å². The Morgan fingerprint density at radius 2 is 1.74 bits per heavy atom. The summed E-state index contributed by atoms with van der Waals surface area (Å²) in [6.45, 7) is 11.3. The van der Waals surface area contributed by atoms with Crippen LogP contribution in [-0.2, 0) is 4.79 Å². The number of aliphatic hydroxyl groups excluding tert-OH is 1. The number of hydrogen-bond donors (Lipinski definition) is 1. The molecule has 0 aromatic carbocycles. The van der Waals surface area contributed by atoms with Gasteiger partial charge < -0.3 is 10.0 Å². The highest BCUT2D eigenvalue weighted by Gasteiger charge is 2.15. The Kier molecular flexibility index (Phi) is 11.6. The smallest absolute Gasteiger partial charge is 0.236 e. The normalized spacial score (nSPS) is 10.7. The minimum absolute atomic E-state index is 0.0744. The lowest BCUT2D eigenvalue weighted by Gasteiger charge is -2.26. The molecule has 0 saturated heterocycles. The van der Waals surface area contributed by atoms with Crippen LogP contribution in [0.2, 0.25) is 0 Å². The first kappa shape index (κ1) is 18.1. The lowest BCUT2D eigenvalue weighted by atomic mass is 10.2.